The highest BCUT2D eigenvalue weighted by Crippen LogP contribution is 2.10. The van der Waals surface area contributed by atoms with Gasteiger partial charge in [0.1, 0.15) is 0 Å². The average molecular weight is 206 g/mol. The van der Waals surface area contributed by atoms with E-state index in [4.69, 9.17) is 8.85 Å². The van der Waals surface area contributed by atoms with Crippen molar-refractivity contribution in [3.05, 3.63) is 0 Å². The Bertz CT molecular complexity index is 130. The van der Waals surface area contributed by atoms with Crippen molar-refractivity contribution in [3.8, 4) is 0 Å². The Kier molecular flexibility index (Phi) is 4.69. The van der Waals surface area contributed by atoms with Crippen LogP contribution in [0.5, 0.6) is 0 Å². The maximum absolute atomic E-state index is 5.82. The van der Waals surface area contributed by atoms with E-state index < -0.39 is 16.6 Å². The molecule has 0 aliphatic rings. The molecule has 0 saturated heterocycles. The summed E-state index contributed by atoms with van der Waals surface area (Å²) in [5, 5.41) is 0. The van der Waals surface area contributed by atoms with E-state index in [1.807, 2.05) is 6.92 Å². The standard InChI is InChI=1S/C8H22O2Si2/c1-7-9-12(5,6)8-10-11(2,3)4/h7-8H2,1-6H3. The van der Waals surface area contributed by atoms with Gasteiger partial charge < -0.3 is 8.85 Å². The number of hydrogen-bond acceptors (Lipinski definition) is 2. The smallest absolute Gasteiger partial charge is 0.210 e. The SMILES string of the molecule is CCO[Si](C)(C)CO[Si](C)(C)C. The van der Waals surface area contributed by atoms with E-state index in [-0.39, 0.29) is 0 Å². The molecule has 0 aliphatic heterocycles. The quantitative estimate of drug-likeness (QED) is 0.644. The first kappa shape index (κ1) is 12.4. The lowest BCUT2D eigenvalue weighted by atomic mass is 10.9. The molecule has 74 valence electrons. The summed E-state index contributed by atoms with van der Waals surface area (Å²) < 4.78 is 11.5. The van der Waals surface area contributed by atoms with Crippen LogP contribution >= 0.6 is 0 Å². The molecule has 0 aromatic rings. The van der Waals surface area contributed by atoms with Crippen LogP contribution in [-0.2, 0) is 8.85 Å². The van der Waals surface area contributed by atoms with Crippen molar-refractivity contribution in [2.45, 2.75) is 39.7 Å². The second kappa shape index (κ2) is 4.55. The summed E-state index contributed by atoms with van der Waals surface area (Å²) >= 11 is 0. The van der Waals surface area contributed by atoms with Crippen molar-refractivity contribution in [2.75, 3.05) is 12.8 Å². The van der Waals surface area contributed by atoms with Gasteiger partial charge in [0.15, 0.2) is 8.32 Å². The summed E-state index contributed by atoms with van der Waals surface area (Å²) in [6, 6.07) is 0. The predicted octanol–water partition coefficient (Wildman–Crippen LogP) is 2.62. The molecular weight excluding hydrogens is 184 g/mol. The van der Waals surface area contributed by atoms with E-state index in [2.05, 4.69) is 32.7 Å². The molecule has 0 atom stereocenters. The Morgan fingerprint density at radius 1 is 0.917 bits per heavy atom. The fourth-order valence-corrected chi connectivity index (χ4v) is 4.81. The van der Waals surface area contributed by atoms with Crippen LogP contribution in [0.25, 0.3) is 0 Å². The topological polar surface area (TPSA) is 18.5 Å². The molecule has 0 fully saturated rings. The molecule has 0 amide bonds. The van der Waals surface area contributed by atoms with E-state index in [1.54, 1.807) is 0 Å². The molecule has 0 saturated carbocycles. The summed E-state index contributed by atoms with van der Waals surface area (Å²) in [6.07, 6.45) is 0.844. The monoisotopic (exact) mass is 206 g/mol. The van der Waals surface area contributed by atoms with Crippen LogP contribution in [0.4, 0.5) is 0 Å². The summed E-state index contributed by atoms with van der Waals surface area (Å²) in [4.78, 5) is 0. The first-order valence-corrected chi connectivity index (χ1v) is 11.1. The van der Waals surface area contributed by atoms with Crippen molar-refractivity contribution < 1.29 is 8.85 Å². The number of rotatable bonds is 5. The molecule has 0 rings (SSSR count). The van der Waals surface area contributed by atoms with E-state index >= 15 is 0 Å². The zero-order valence-electron chi connectivity index (χ0n) is 9.23. The molecule has 0 heterocycles. The van der Waals surface area contributed by atoms with Crippen LogP contribution in [0.2, 0.25) is 32.7 Å². The van der Waals surface area contributed by atoms with Crippen LogP contribution in [0.1, 0.15) is 6.92 Å². The van der Waals surface area contributed by atoms with Crippen LogP contribution in [-0.4, -0.2) is 29.5 Å². The molecule has 0 aromatic heterocycles. The summed E-state index contributed by atoms with van der Waals surface area (Å²) in [7, 11) is -2.84. The zero-order valence-corrected chi connectivity index (χ0v) is 11.2. The van der Waals surface area contributed by atoms with Gasteiger partial charge in [0.2, 0.25) is 8.32 Å². The van der Waals surface area contributed by atoms with Crippen molar-refractivity contribution in [3.63, 3.8) is 0 Å². The predicted molar refractivity (Wildman–Crippen MR) is 58.4 cm³/mol. The molecule has 0 N–H and O–H groups in total. The van der Waals surface area contributed by atoms with Gasteiger partial charge in [-0.25, -0.2) is 0 Å². The summed E-state index contributed by atoms with van der Waals surface area (Å²) in [5.41, 5.74) is 0. The Morgan fingerprint density at radius 3 is 1.75 bits per heavy atom. The lowest BCUT2D eigenvalue weighted by Gasteiger charge is -2.26. The number of hydrogen-bond donors (Lipinski definition) is 0. The Balaban J connectivity index is 3.75. The van der Waals surface area contributed by atoms with E-state index in [1.165, 1.54) is 0 Å². The fourth-order valence-electron chi connectivity index (χ4n) is 0.823. The highest BCUT2D eigenvalue weighted by Gasteiger charge is 2.25. The molecule has 4 heteroatoms. The van der Waals surface area contributed by atoms with E-state index in [9.17, 15) is 0 Å². The minimum atomic E-state index is -1.50. The highest BCUT2D eigenvalue weighted by atomic mass is 28.4. The molecular formula is C8H22O2Si2. The molecule has 0 aromatic carbocycles. The second-order valence-corrected chi connectivity index (χ2v) is 13.2. The van der Waals surface area contributed by atoms with Gasteiger partial charge in [-0.15, -0.1) is 0 Å². The molecule has 0 spiro atoms. The van der Waals surface area contributed by atoms with Crippen molar-refractivity contribution in [1.82, 2.24) is 0 Å². The maximum atomic E-state index is 5.82. The lowest BCUT2D eigenvalue weighted by molar-refractivity contribution is 0.282. The fraction of sp³-hybridized carbons (Fsp3) is 1.00. The third kappa shape index (κ3) is 7.03. The first-order chi connectivity index (χ1) is 5.27. The van der Waals surface area contributed by atoms with Gasteiger partial charge in [-0.1, -0.05) is 0 Å². The average Bonchev–Trinajstić information content (AvgIpc) is 1.83. The highest BCUT2D eigenvalue weighted by molar-refractivity contribution is 6.74. The maximum Gasteiger partial charge on any atom is 0.210 e. The van der Waals surface area contributed by atoms with Crippen molar-refractivity contribution in [1.29, 1.82) is 0 Å². The summed E-state index contributed by atoms with van der Waals surface area (Å²) in [5.74, 6) is 0. The van der Waals surface area contributed by atoms with E-state index in [0.717, 1.165) is 12.8 Å². The van der Waals surface area contributed by atoms with Gasteiger partial charge in [0.25, 0.3) is 0 Å². The van der Waals surface area contributed by atoms with Gasteiger partial charge >= 0.3 is 0 Å². The third-order valence-electron chi connectivity index (χ3n) is 1.39. The van der Waals surface area contributed by atoms with Crippen molar-refractivity contribution >= 4 is 16.6 Å². The minimum absolute atomic E-state index is 0.814. The molecule has 0 bridgehead atoms. The minimum Gasteiger partial charge on any atom is -0.418 e. The molecule has 2 nitrogen and oxygen atoms in total. The van der Waals surface area contributed by atoms with Crippen molar-refractivity contribution in [2.24, 2.45) is 0 Å². The van der Waals surface area contributed by atoms with Crippen LogP contribution in [0.3, 0.4) is 0 Å². The third-order valence-corrected chi connectivity index (χ3v) is 4.60. The zero-order chi connectivity index (χ0) is 9.83. The second-order valence-electron chi connectivity index (χ2n) is 4.59. The van der Waals surface area contributed by atoms with Crippen LogP contribution in [0, 0.1) is 0 Å². The van der Waals surface area contributed by atoms with Gasteiger partial charge in [0, 0.05) is 6.61 Å². The Hall–Kier alpha value is 0.354. The summed E-state index contributed by atoms with van der Waals surface area (Å²) in [6.45, 7) is 13.9. The molecule has 0 aliphatic carbocycles. The van der Waals surface area contributed by atoms with E-state index in [0.29, 0.717) is 0 Å². The molecule has 12 heavy (non-hydrogen) atoms. The first-order valence-electron chi connectivity index (χ1n) is 4.55. The van der Waals surface area contributed by atoms with Gasteiger partial charge in [0.05, 0.1) is 6.23 Å². The molecule has 0 unspecified atom stereocenters. The normalized spacial score (nSPS) is 13.5. The largest absolute Gasteiger partial charge is 0.418 e. The van der Waals surface area contributed by atoms with Crippen LogP contribution in [0.15, 0.2) is 0 Å². The van der Waals surface area contributed by atoms with Gasteiger partial charge in [-0.2, -0.15) is 0 Å². The van der Waals surface area contributed by atoms with Gasteiger partial charge in [-0.05, 0) is 39.7 Å². The Labute approximate surface area is 78.5 Å². The van der Waals surface area contributed by atoms with Gasteiger partial charge in [-0.3, -0.25) is 0 Å². The van der Waals surface area contributed by atoms with Crippen LogP contribution < -0.4 is 0 Å². The lowest BCUT2D eigenvalue weighted by Crippen LogP contribution is -2.41. The molecule has 0 radical (unpaired) electrons. The Morgan fingerprint density at radius 2 is 1.42 bits per heavy atom.